The fraction of sp³-hybridized carbons (Fsp3) is 0.412. The zero-order valence-electron chi connectivity index (χ0n) is 12.6. The van der Waals surface area contributed by atoms with E-state index in [4.69, 9.17) is 16.6 Å². The fourth-order valence-electron chi connectivity index (χ4n) is 2.98. The first-order valence-electron chi connectivity index (χ1n) is 7.64. The number of thiocarbonyl (C=S) groups is 1. The van der Waals surface area contributed by atoms with Crippen LogP contribution in [0.2, 0.25) is 0 Å². The van der Waals surface area contributed by atoms with E-state index in [1.165, 1.54) is 31.0 Å². The Hall–Kier alpha value is -1.33. The van der Waals surface area contributed by atoms with Gasteiger partial charge in [0.25, 0.3) is 5.91 Å². The molecule has 5 heteroatoms. The minimum atomic E-state index is 0.0640. The van der Waals surface area contributed by atoms with E-state index in [-0.39, 0.29) is 5.91 Å². The number of rotatable bonds is 3. The van der Waals surface area contributed by atoms with Crippen LogP contribution in [0.5, 0.6) is 0 Å². The number of carbonyl (C=O) groups is 1. The highest BCUT2D eigenvalue weighted by atomic mass is 32.2. The summed E-state index contributed by atoms with van der Waals surface area (Å²) in [5.41, 5.74) is 0.985. The number of amides is 1. The van der Waals surface area contributed by atoms with Crippen LogP contribution in [-0.2, 0) is 4.79 Å². The van der Waals surface area contributed by atoms with Gasteiger partial charge in [0.1, 0.15) is 10.1 Å². The zero-order chi connectivity index (χ0) is 15.5. The molecule has 116 valence electrons. The van der Waals surface area contributed by atoms with Gasteiger partial charge >= 0.3 is 0 Å². The van der Waals surface area contributed by atoms with Crippen LogP contribution >= 0.6 is 24.0 Å². The third-order valence-corrected chi connectivity index (χ3v) is 5.37. The first-order valence-corrected chi connectivity index (χ1v) is 8.86. The lowest BCUT2D eigenvalue weighted by molar-refractivity contribution is -0.124. The lowest BCUT2D eigenvalue weighted by Crippen LogP contribution is -2.39. The quantitative estimate of drug-likeness (QED) is 0.590. The van der Waals surface area contributed by atoms with Gasteiger partial charge in [-0.2, -0.15) is 0 Å². The molecular formula is C17H19NO2S2. The van der Waals surface area contributed by atoms with Crippen molar-refractivity contribution in [2.45, 2.75) is 45.1 Å². The van der Waals surface area contributed by atoms with Crippen LogP contribution < -0.4 is 0 Å². The molecule has 1 aromatic heterocycles. The summed E-state index contributed by atoms with van der Waals surface area (Å²) >= 11 is 6.85. The standard InChI is InChI=1S/C17H19NO2S2/c1-12(10-14-8-5-9-20-14)11-15-16(19)18(17(21)22-15)13-6-3-2-4-7-13/h5,8-11,13H,2-4,6-7H2,1H3/b12-10-,15-11-. The summed E-state index contributed by atoms with van der Waals surface area (Å²) in [4.78, 5) is 15.2. The summed E-state index contributed by atoms with van der Waals surface area (Å²) in [6.07, 6.45) is 11.3. The summed E-state index contributed by atoms with van der Waals surface area (Å²) in [5.74, 6) is 0.852. The Balaban J connectivity index is 1.76. The molecule has 1 aliphatic carbocycles. The van der Waals surface area contributed by atoms with E-state index in [0.717, 1.165) is 29.1 Å². The molecule has 1 saturated heterocycles. The van der Waals surface area contributed by atoms with Crippen molar-refractivity contribution < 1.29 is 9.21 Å². The molecule has 2 fully saturated rings. The highest BCUT2D eigenvalue weighted by molar-refractivity contribution is 8.26. The van der Waals surface area contributed by atoms with E-state index < -0.39 is 0 Å². The van der Waals surface area contributed by atoms with Gasteiger partial charge in [0.05, 0.1) is 11.2 Å². The first-order chi connectivity index (χ1) is 10.6. The number of allylic oxidation sites excluding steroid dienone is 2. The lowest BCUT2D eigenvalue weighted by Gasteiger charge is -2.29. The molecule has 0 bridgehead atoms. The number of nitrogens with zero attached hydrogens (tertiary/aromatic N) is 1. The van der Waals surface area contributed by atoms with Gasteiger partial charge in [0.2, 0.25) is 0 Å². The van der Waals surface area contributed by atoms with Crippen LogP contribution in [0.15, 0.2) is 39.4 Å². The summed E-state index contributed by atoms with van der Waals surface area (Å²) in [7, 11) is 0. The third kappa shape index (κ3) is 3.36. The third-order valence-electron chi connectivity index (χ3n) is 4.04. The molecule has 3 rings (SSSR count). The molecular weight excluding hydrogens is 314 g/mol. The van der Waals surface area contributed by atoms with Crippen molar-refractivity contribution in [3.63, 3.8) is 0 Å². The predicted octanol–water partition coefficient (Wildman–Crippen LogP) is 4.76. The molecule has 22 heavy (non-hydrogen) atoms. The Kier molecular flexibility index (Phi) is 4.84. The van der Waals surface area contributed by atoms with Crippen LogP contribution in [0, 0.1) is 0 Å². The number of thioether (sulfide) groups is 1. The molecule has 0 unspecified atom stereocenters. The van der Waals surface area contributed by atoms with Gasteiger partial charge in [-0.3, -0.25) is 9.69 Å². The maximum Gasteiger partial charge on any atom is 0.266 e. The van der Waals surface area contributed by atoms with Crippen LogP contribution in [0.3, 0.4) is 0 Å². The topological polar surface area (TPSA) is 33.5 Å². The molecule has 2 heterocycles. The maximum atomic E-state index is 12.7. The van der Waals surface area contributed by atoms with Crippen molar-refractivity contribution in [2.24, 2.45) is 0 Å². The largest absolute Gasteiger partial charge is 0.465 e. The van der Waals surface area contributed by atoms with Crippen molar-refractivity contribution in [1.82, 2.24) is 4.90 Å². The minimum Gasteiger partial charge on any atom is -0.465 e. The van der Waals surface area contributed by atoms with Gasteiger partial charge < -0.3 is 4.42 Å². The average molecular weight is 333 g/mol. The van der Waals surface area contributed by atoms with Crippen LogP contribution in [-0.4, -0.2) is 21.2 Å². The number of furan rings is 1. The van der Waals surface area contributed by atoms with E-state index in [1.807, 2.05) is 36.1 Å². The van der Waals surface area contributed by atoms with Crippen molar-refractivity contribution in [1.29, 1.82) is 0 Å². The highest BCUT2D eigenvalue weighted by Gasteiger charge is 2.37. The summed E-state index contributed by atoms with van der Waals surface area (Å²) in [6.45, 7) is 1.97. The maximum absolute atomic E-state index is 12.7. The van der Waals surface area contributed by atoms with E-state index in [1.54, 1.807) is 6.26 Å². The SMILES string of the molecule is CC(=C/c1ccco1)/C=C1\SC(=S)N(C2CCCCC2)C1=O. The fourth-order valence-corrected chi connectivity index (χ4v) is 4.43. The van der Waals surface area contributed by atoms with Gasteiger partial charge in [-0.1, -0.05) is 43.2 Å². The molecule has 1 amide bonds. The molecule has 0 aromatic carbocycles. The van der Waals surface area contributed by atoms with Crippen LogP contribution in [0.25, 0.3) is 6.08 Å². The number of hydrogen-bond acceptors (Lipinski definition) is 4. The van der Waals surface area contributed by atoms with Gasteiger partial charge in [-0.05, 0) is 49.6 Å². The van der Waals surface area contributed by atoms with E-state index >= 15 is 0 Å². The molecule has 1 aromatic rings. The Morgan fingerprint density at radius 2 is 2.18 bits per heavy atom. The summed E-state index contributed by atoms with van der Waals surface area (Å²) in [5, 5.41) is 0. The normalized spacial score (nSPS) is 22.9. The molecule has 1 aliphatic heterocycles. The molecule has 1 saturated carbocycles. The molecule has 0 atom stereocenters. The summed E-state index contributed by atoms with van der Waals surface area (Å²) in [6, 6.07) is 4.04. The Morgan fingerprint density at radius 3 is 2.86 bits per heavy atom. The molecule has 0 spiro atoms. The first kappa shape index (κ1) is 15.6. The second-order valence-electron chi connectivity index (χ2n) is 5.75. The molecule has 2 aliphatic rings. The van der Waals surface area contributed by atoms with Gasteiger partial charge in [-0.15, -0.1) is 0 Å². The van der Waals surface area contributed by atoms with E-state index in [2.05, 4.69) is 0 Å². The highest BCUT2D eigenvalue weighted by Crippen LogP contribution is 2.36. The average Bonchev–Trinajstić information content (AvgIpc) is 3.09. The molecule has 0 N–H and O–H groups in total. The number of carbonyl (C=O) groups excluding carboxylic acids is 1. The monoisotopic (exact) mass is 333 g/mol. The zero-order valence-corrected chi connectivity index (χ0v) is 14.2. The molecule has 3 nitrogen and oxygen atoms in total. The minimum absolute atomic E-state index is 0.0640. The van der Waals surface area contributed by atoms with Gasteiger partial charge in [-0.25, -0.2) is 0 Å². The smallest absolute Gasteiger partial charge is 0.266 e. The lowest BCUT2D eigenvalue weighted by atomic mass is 9.94. The van der Waals surface area contributed by atoms with Crippen molar-refractivity contribution >= 4 is 40.3 Å². The van der Waals surface area contributed by atoms with Crippen LogP contribution in [0.4, 0.5) is 0 Å². The van der Waals surface area contributed by atoms with Crippen molar-refractivity contribution in [3.05, 3.63) is 40.7 Å². The van der Waals surface area contributed by atoms with Crippen molar-refractivity contribution in [2.75, 3.05) is 0 Å². The van der Waals surface area contributed by atoms with Gasteiger partial charge in [0, 0.05) is 6.04 Å². The predicted molar refractivity (Wildman–Crippen MR) is 94.4 cm³/mol. The second-order valence-corrected chi connectivity index (χ2v) is 7.42. The second kappa shape index (κ2) is 6.84. The molecule has 0 radical (unpaired) electrons. The Bertz CT molecular complexity index is 625. The van der Waals surface area contributed by atoms with Crippen molar-refractivity contribution in [3.8, 4) is 0 Å². The Morgan fingerprint density at radius 1 is 1.41 bits per heavy atom. The van der Waals surface area contributed by atoms with E-state index in [9.17, 15) is 4.79 Å². The summed E-state index contributed by atoms with van der Waals surface area (Å²) < 4.78 is 6.00. The van der Waals surface area contributed by atoms with Gasteiger partial charge in [0.15, 0.2) is 0 Å². The number of hydrogen-bond donors (Lipinski definition) is 0. The van der Waals surface area contributed by atoms with Crippen LogP contribution in [0.1, 0.15) is 44.8 Å². The Labute approximate surface area is 140 Å². The van der Waals surface area contributed by atoms with E-state index in [0.29, 0.717) is 10.4 Å².